The van der Waals surface area contributed by atoms with Crippen molar-refractivity contribution in [3.05, 3.63) is 65.9 Å². The molecule has 1 amide bonds. The number of ether oxygens (including phenoxy) is 2. The molecule has 0 aliphatic rings. The van der Waals surface area contributed by atoms with E-state index in [1.54, 1.807) is 31.6 Å². The molecule has 3 rings (SSSR count). The predicted molar refractivity (Wildman–Crippen MR) is 91.8 cm³/mol. The summed E-state index contributed by atoms with van der Waals surface area (Å²) < 4.78 is 16.0. The van der Waals surface area contributed by atoms with Crippen molar-refractivity contribution in [2.75, 3.05) is 7.11 Å². The fourth-order valence-electron chi connectivity index (χ4n) is 2.09. The van der Waals surface area contributed by atoms with Crippen molar-refractivity contribution in [3.8, 4) is 11.5 Å². The van der Waals surface area contributed by atoms with Gasteiger partial charge >= 0.3 is 0 Å². The van der Waals surface area contributed by atoms with Gasteiger partial charge in [-0.1, -0.05) is 6.07 Å². The molecular formula is C18H18N4O4. The van der Waals surface area contributed by atoms with Crippen molar-refractivity contribution in [3.63, 3.8) is 0 Å². The number of aryl methyl sites for hydroxylation is 1. The van der Waals surface area contributed by atoms with E-state index in [0.29, 0.717) is 23.1 Å². The monoisotopic (exact) mass is 354 g/mol. The van der Waals surface area contributed by atoms with Gasteiger partial charge in [-0.2, -0.15) is 0 Å². The van der Waals surface area contributed by atoms with E-state index < -0.39 is 0 Å². The first kappa shape index (κ1) is 17.4. The summed E-state index contributed by atoms with van der Waals surface area (Å²) in [4.78, 5) is 24.5. The van der Waals surface area contributed by atoms with E-state index in [-0.39, 0.29) is 24.8 Å². The summed E-state index contributed by atoms with van der Waals surface area (Å²) in [6, 6.07) is 7.18. The molecular weight excluding hydrogens is 336 g/mol. The Hall–Kier alpha value is -3.42. The Morgan fingerprint density at radius 3 is 2.85 bits per heavy atom. The Labute approximate surface area is 150 Å². The van der Waals surface area contributed by atoms with E-state index in [9.17, 15) is 4.79 Å². The molecule has 0 aliphatic carbocycles. The molecule has 0 unspecified atom stereocenters. The quantitative estimate of drug-likeness (QED) is 0.695. The third kappa shape index (κ3) is 4.56. The maximum Gasteiger partial charge on any atom is 0.273 e. The van der Waals surface area contributed by atoms with Crippen LogP contribution in [0.3, 0.4) is 0 Å². The molecule has 0 aliphatic heterocycles. The third-order valence-electron chi connectivity index (χ3n) is 3.45. The molecule has 0 fully saturated rings. The lowest BCUT2D eigenvalue weighted by Gasteiger charge is -2.05. The second kappa shape index (κ2) is 8.11. The van der Waals surface area contributed by atoms with Gasteiger partial charge in [0.25, 0.3) is 5.91 Å². The number of methoxy groups -OCH3 is 1. The van der Waals surface area contributed by atoms with E-state index in [1.807, 2.05) is 19.1 Å². The minimum absolute atomic E-state index is 0.101. The van der Waals surface area contributed by atoms with Crippen LogP contribution in [0.25, 0.3) is 0 Å². The van der Waals surface area contributed by atoms with E-state index in [0.717, 1.165) is 5.69 Å². The Kier molecular flexibility index (Phi) is 5.43. The van der Waals surface area contributed by atoms with Gasteiger partial charge in [0.1, 0.15) is 17.8 Å². The normalized spacial score (nSPS) is 10.4. The number of aromatic nitrogens is 3. The number of rotatable bonds is 7. The highest BCUT2D eigenvalue weighted by atomic mass is 16.5. The number of nitrogens with one attached hydrogen (secondary N) is 1. The lowest BCUT2D eigenvalue weighted by molar-refractivity contribution is 0.0945. The van der Waals surface area contributed by atoms with E-state index in [4.69, 9.17) is 13.9 Å². The zero-order valence-electron chi connectivity index (χ0n) is 14.4. The van der Waals surface area contributed by atoms with Gasteiger partial charge in [0, 0.05) is 12.3 Å². The molecule has 1 aromatic carbocycles. The second-order valence-corrected chi connectivity index (χ2v) is 5.43. The molecule has 8 nitrogen and oxygen atoms in total. The second-order valence-electron chi connectivity index (χ2n) is 5.43. The molecule has 0 atom stereocenters. The van der Waals surface area contributed by atoms with Crippen molar-refractivity contribution < 1.29 is 18.7 Å². The number of nitrogens with zero attached hydrogens (tertiary/aromatic N) is 3. The molecule has 0 saturated heterocycles. The Bertz CT molecular complexity index is 877. The first-order valence-electron chi connectivity index (χ1n) is 7.91. The van der Waals surface area contributed by atoms with Crippen molar-refractivity contribution in [2.45, 2.75) is 20.1 Å². The summed E-state index contributed by atoms with van der Waals surface area (Å²) in [5, 5.41) is 2.72. The first-order valence-corrected chi connectivity index (χ1v) is 7.91. The average Bonchev–Trinajstić information content (AvgIpc) is 3.15. The van der Waals surface area contributed by atoms with Crippen LogP contribution in [0.2, 0.25) is 0 Å². The summed E-state index contributed by atoms with van der Waals surface area (Å²) in [6.45, 7) is 2.21. The largest absolute Gasteiger partial charge is 0.497 e. The van der Waals surface area contributed by atoms with E-state index in [2.05, 4.69) is 20.3 Å². The summed E-state index contributed by atoms with van der Waals surface area (Å²) in [7, 11) is 1.58. The van der Waals surface area contributed by atoms with Crippen molar-refractivity contribution in [1.82, 2.24) is 20.3 Å². The minimum Gasteiger partial charge on any atom is -0.497 e. The molecule has 0 spiro atoms. The van der Waals surface area contributed by atoms with Crippen LogP contribution < -0.4 is 14.8 Å². The molecule has 0 saturated carbocycles. The zero-order valence-corrected chi connectivity index (χ0v) is 14.4. The van der Waals surface area contributed by atoms with Crippen LogP contribution in [-0.4, -0.2) is 28.0 Å². The van der Waals surface area contributed by atoms with Gasteiger partial charge in [-0.15, -0.1) is 0 Å². The Morgan fingerprint density at radius 2 is 2.08 bits per heavy atom. The number of oxazole rings is 1. The molecule has 2 heterocycles. The van der Waals surface area contributed by atoms with Crippen molar-refractivity contribution >= 4 is 5.91 Å². The van der Waals surface area contributed by atoms with Gasteiger partial charge in [0.15, 0.2) is 12.3 Å². The van der Waals surface area contributed by atoms with E-state index >= 15 is 0 Å². The topological polar surface area (TPSA) is 99.4 Å². The number of hydrogen-bond acceptors (Lipinski definition) is 7. The number of carbonyl (C=O) groups is 1. The summed E-state index contributed by atoms with van der Waals surface area (Å²) in [6.07, 6.45) is 4.55. The molecule has 0 bridgehead atoms. The lowest BCUT2D eigenvalue weighted by atomic mass is 10.3. The highest BCUT2D eigenvalue weighted by Gasteiger charge is 2.13. The average molecular weight is 354 g/mol. The van der Waals surface area contributed by atoms with E-state index in [1.165, 1.54) is 6.26 Å². The van der Waals surface area contributed by atoms with Gasteiger partial charge in [0.05, 0.1) is 31.2 Å². The Balaban J connectivity index is 1.53. The lowest BCUT2D eigenvalue weighted by Crippen LogP contribution is -2.23. The molecule has 0 radical (unpaired) electrons. The van der Waals surface area contributed by atoms with Gasteiger partial charge < -0.3 is 19.2 Å². The van der Waals surface area contributed by atoms with Gasteiger partial charge in [-0.25, -0.2) is 4.98 Å². The van der Waals surface area contributed by atoms with Crippen molar-refractivity contribution in [1.29, 1.82) is 0 Å². The standard InChI is InChI=1S/C18H18N4O4/c1-12-7-20-13(8-19-12)9-21-18(23)16-10-26-17(22-16)11-25-15-5-3-4-14(6-15)24-2/h3-8,10H,9,11H2,1-2H3,(H,21,23). The first-order chi connectivity index (χ1) is 12.6. The third-order valence-corrected chi connectivity index (χ3v) is 3.45. The molecule has 1 N–H and O–H groups in total. The Morgan fingerprint density at radius 1 is 1.23 bits per heavy atom. The van der Waals surface area contributed by atoms with Crippen LogP contribution in [0.15, 0.2) is 47.3 Å². The van der Waals surface area contributed by atoms with Crippen LogP contribution in [0, 0.1) is 6.92 Å². The predicted octanol–water partition coefficient (Wildman–Crippen LogP) is 2.29. The van der Waals surface area contributed by atoms with Gasteiger partial charge in [-0.3, -0.25) is 14.8 Å². The highest BCUT2D eigenvalue weighted by Crippen LogP contribution is 2.19. The summed E-state index contributed by atoms with van der Waals surface area (Å²) >= 11 is 0. The number of carbonyl (C=O) groups excluding carboxylic acids is 1. The number of amides is 1. The fourth-order valence-corrected chi connectivity index (χ4v) is 2.09. The van der Waals surface area contributed by atoms with Crippen molar-refractivity contribution in [2.24, 2.45) is 0 Å². The number of hydrogen-bond donors (Lipinski definition) is 1. The molecule has 134 valence electrons. The maximum atomic E-state index is 12.1. The van der Waals surface area contributed by atoms with Crippen LogP contribution in [-0.2, 0) is 13.2 Å². The molecule has 26 heavy (non-hydrogen) atoms. The molecule has 3 aromatic rings. The summed E-state index contributed by atoms with van der Waals surface area (Å²) in [5.41, 5.74) is 1.65. The molecule has 2 aromatic heterocycles. The maximum absolute atomic E-state index is 12.1. The van der Waals surface area contributed by atoms with Crippen LogP contribution in [0.4, 0.5) is 0 Å². The smallest absolute Gasteiger partial charge is 0.273 e. The molecule has 8 heteroatoms. The minimum atomic E-state index is -0.358. The van der Waals surface area contributed by atoms with Crippen LogP contribution in [0.5, 0.6) is 11.5 Å². The number of benzene rings is 1. The van der Waals surface area contributed by atoms with Gasteiger partial charge in [0.2, 0.25) is 5.89 Å². The SMILES string of the molecule is COc1cccc(OCc2nc(C(=O)NCc3cnc(C)cn3)co2)c1. The summed E-state index contributed by atoms with van der Waals surface area (Å²) in [5.74, 6) is 1.25. The van der Waals surface area contributed by atoms with Gasteiger partial charge in [-0.05, 0) is 19.1 Å². The fraction of sp³-hybridized carbons (Fsp3) is 0.222. The van der Waals surface area contributed by atoms with Crippen LogP contribution in [0.1, 0.15) is 27.8 Å². The highest BCUT2D eigenvalue weighted by molar-refractivity contribution is 5.91. The zero-order chi connectivity index (χ0) is 18.4. The van der Waals surface area contributed by atoms with Crippen LogP contribution >= 0.6 is 0 Å².